The number of benzene rings is 1. The monoisotopic (exact) mass is 288 g/mol. The summed E-state index contributed by atoms with van der Waals surface area (Å²) in [5, 5.41) is 4.23. The van der Waals surface area contributed by atoms with Gasteiger partial charge in [-0.05, 0) is 18.6 Å². The summed E-state index contributed by atoms with van der Waals surface area (Å²) >= 11 is 5.91. The summed E-state index contributed by atoms with van der Waals surface area (Å²) in [5.41, 5.74) is 4.60. The number of aryl methyl sites for hydroxylation is 3. The molecule has 0 atom stereocenters. The average molecular weight is 289 g/mol. The number of aromatic nitrogens is 4. The molecule has 5 heteroatoms. The number of halogens is 1. The molecule has 0 fully saturated rings. The lowest BCUT2D eigenvalue weighted by Gasteiger charge is -2.07. The highest BCUT2D eigenvalue weighted by molar-refractivity contribution is 6.17. The largest absolute Gasteiger partial charge is 0.323 e. The molecule has 3 aromatic rings. The Kier molecular flexibility index (Phi) is 3.49. The molecule has 0 aliphatic heterocycles. The van der Waals surface area contributed by atoms with E-state index in [9.17, 15) is 0 Å². The van der Waals surface area contributed by atoms with Gasteiger partial charge in [0.1, 0.15) is 5.82 Å². The van der Waals surface area contributed by atoms with Crippen molar-refractivity contribution in [1.29, 1.82) is 0 Å². The molecule has 0 spiro atoms. The Labute approximate surface area is 123 Å². The lowest BCUT2D eigenvalue weighted by atomic mass is 10.2. The number of nitrogens with zero attached hydrogens (tertiary/aromatic N) is 4. The van der Waals surface area contributed by atoms with Crippen molar-refractivity contribution in [3.8, 4) is 0 Å². The van der Waals surface area contributed by atoms with E-state index >= 15 is 0 Å². The second kappa shape index (κ2) is 5.29. The van der Waals surface area contributed by atoms with Gasteiger partial charge in [-0.3, -0.25) is 4.68 Å². The van der Waals surface area contributed by atoms with Crippen molar-refractivity contribution in [2.45, 2.75) is 19.9 Å². The first-order valence-corrected chi connectivity index (χ1v) is 7.20. The van der Waals surface area contributed by atoms with Gasteiger partial charge in [0, 0.05) is 31.1 Å². The lowest BCUT2D eigenvalue weighted by molar-refractivity contribution is 0.747. The Morgan fingerprint density at radius 3 is 2.85 bits per heavy atom. The van der Waals surface area contributed by atoms with Crippen LogP contribution in [-0.2, 0) is 20.0 Å². The molecule has 0 aliphatic carbocycles. The van der Waals surface area contributed by atoms with Crippen molar-refractivity contribution in [3.05, 3.63) is 47.5 Å². The number of rotatable bonds is 4. The van der Waals surface area contributed by atoms with E-state index in [0.29, 0.717) is 5.88 Å². The molecule has 0 saturated heterocycles. The number of hydrogen-bond donors (Lipinski definition) is 0. The molecule has 0 saturated carbocycles. The van der Waals surface area contributed by atoms with Gasteiger partial charge < -0.3 is 4.57 Å². The number of alkyl halides is 1. The van der Waals surface area contributed by atoms with Gasteiger partial charge >= 0.3 is 0 Å². The third kappa shape index (κ3) is 2.31. The maximum Gasteiger partial charge on any atom is 0.111 e. The van der Waals surface area contributed by atoms with Crippen molar-refractivity contribution in [1.82, 2.24) is 19.3 Å². The molecule has 0 aliphatic rings. The molecule has 4 nitrogen and oxygen atoms in total. The van der Waals surface area contributed by atoms with Gasteiger partial charge in [0.25, 0.3) is 0 Å². The van der Waals surface area contributed by atoms with Crippen LogP contribution in [0.2, 0.25) is 0 Å². The van der Waals surface area contributed by atoms with Crippen molar-refractivity contribution in [2.75, 3.05) is 5.88 Å². The molecular weight excluding hydrogens is 272 g/mol. The fourth-order valence-electron chi connectivity index (χ4n) is 2.52. The Balaban J connectivity index is 2.11. The minimum atomic E-state index is 0.579. The van der Waals surface area contributed by atoms with Gasteiger partial charge in [-0.25, -0.2) is 4.98 Å². The summed E-state index contributed by atoms with van der Waals surface area (Å²) in [4.78, 5) is 4.76. The van der Waals surface area contributed by atoms with Crippen LogP contribution in [0.1, 0.15) is 17.0 Å². The molecule has 3 rings (SSSR count). The third-order valence-corrected chi connectivity index (χ3v) is 3.67. The van der Waals surface area contributed by atoms with E-state index in [4.69, 9.17) is 16.6 Å². The van der Waals surface area contributed by atoms with Crippen molar-refractivity contribution in [3.63, 3.8) is 0 Å². The quantitative estimate of drug-likeness (QED) is 0.692. The van der Waals surface area contributed by atoms with Gasteiger partial charge in [0.05, 0.1) is 23.8 Å². The zero-order valence-corrected chi connectivity index (χ0v) is 12.4. The molecule has 1 aromatic carbocycles. The minimum Gasteiger partial charge on any atom is -0.323 e. The predicted molar refractivity (Wildman–Crippen MR) is 81.2 cm³/mol. The van der Waals surface area contributed by atoms with E-state index in [1.807, 2.05) is 24.1 Å². The summed E-state index contributed by atoms with van der Waals surface area (Å²) in [5.74, 6) is 1.61. The molecule has 0 unspecified atom stereocenters. The Morgan fingerprint density at radius 2 is 2.15 bits per heavy atom. The fraction of sp³-hybridized carbons (Fsp3) is 0.333. The first-order chi connectivity index (χ1) is 9.69. The Hall–Kier alpha value is -1.81. The third-order valence-electron chi connectivity index (χ3n) is 3.48. The topological polar surface area (TPSA) is 35.6 Å². The molecule has 2 aromatic heterocycles. The predicted octanol–water partition coefficient (Wildman–Crippen LogP) is 2.91. The summed E-state index contributed by atoms with van der Waals surface area (Å²) in [6.07, 6.45) is 4.70. The van der Waals surface area contributed by atoms with Gasteiger partial charge in [-0.15, -0.1) is 11.6 Å². The second-order valence-electron chi connectivity index (χ2n) is 5.02. The normalized spacial score (nSPS) is 11.3. The van der Waals surface area contributed by atoms with Crippen LogP contribution in [0.25, 0.3) is 11.0 Å². The van der Waals surface area contributed by atoms with Crippen molar-refractivity contribution >= 4 is 22.6 Å². The number of para-hydroxylation sites is 1. The smallest absolute Gasteiger partial charge is 0.111 e. The van der Waals surface area contributed by atoms with Gasteiger partial charge in [0.2, 0.25) is 0 Å². The van der Waals surface area contributed by atoms with Crippen LogP contribution in [0, 0.1) is 6.92 Å². The molecular formula is C15H17ClN4. The summed E-state index contributed by atoms with van der Waals surface area (Å²) in [6, 6.07) is 6.28. The molecule has 104 valence electrons. The standard InChI is InChI=1S/C15H17ClN4/c1-11-4-3-5-13-15(11)18-14(6-7-16)20(13)10-12-8-17-19(2)9-12/h3-5,8-9H,6-7,10H2,1-2H3. The highest BCUT2D eigenvalue weighted by Gasteiger charge is 2.12. The zero-order chi connectivity index (χ0) is 14.1. The van der Waals surface area contributed by atoms with Gasteiger partial charge in [-0.2, -0.15) is 5.10 Å². The highest BCUT2D eigenvalue weighted by Crippen LogP contribution is 2.21. The van der Waals surface area contributed by atoms with E-state index in [2.05, 4.69) is 34.8 Å². The molecule has 0 radical (unpaired) electrons. The van der Waals surface area contributed by atoms with Crippen LogP contribution in [0.3, 0.4) is 0 Å². The van der Waals surface area contributed by atoms with Gasteiger partial charge in [-0.1, -0.05) is 12.1 Å². The molecule has 0 N–H and O–H groups in total. The van der Waals surface area contributed by atoms with Crippen molar-refractivity contribution < 1.29 is 0 Å². The van der Waals surface area contributed by atoms with Crippen LogP contribution < -0.4 is 0 Å². The van der Waals surface area contributed by atoms with E-state index < -0.39 is 0 Å². The van der Waals surface area contributed by atoms with Crippen LogP contribution in [0.5, 0.6) is 0 Å². The van der Waals surface area contributed by atoms with Crippen molar-refractivity contribution in [2.24, 2.45) is 7.05 Å². The number of fused-ring (bicyclic) bond motifs is 1. The van der Waals surface area contributed by atoms with Crippen LogP contribution >= 0.6 is 11.6 Å². The summed E-state index contributed by atoms with van der Waals surface area (Å²) in [6.45, 7) is 2.87. The average Bonchev–Trinajstić information content (AvgIpc) is 2.97. The Bertz CT molecular complexity index is 741. The first-order valence-electron chi connectivity index (χ1n) is 6.67. The maximum atomic E-state index is 5.91. The SMILES string of the molecule is Cc1cccc2c1nc(CCCl)n2Cc1cnn(C)c1. The highest BCUT2D eigenvalue weighted by atomic mass is 35.5. The number of hydrogen-bond acceptors (Lipinski definition) is 2. The van der Waals surface area contributed by atoms with Crippen LogP contribution in [0.4, 0.5) is 0 Å². The molecule has 20 heavy (non-hydrogen) atoms. The van der Waals surface area contributed by atoms with E-state index in [1.54, 1.807) is 0 Å². The van der Waals surface area contributed by atoms with Crippen LogP contribution in [0.15, 0.2) is 30.6 Å². The summed E-state index contributed by atoms with van der Waals surface area (Å²) < 4.78 is 4.06. The lowest BCUT2D eigenvalue weighted by Crippen LogP contribution is -2.05. The molecule has 0 amide bonds. The molecule has 0 bridgehead atoms. The van der Waals surface area contributed by atoms with Gasteiger partial charge in [0.15, 0.2) is 0 Å². The van der Waals surface area contributed by atoms with E-state index in [0.717, 1.165) is 29.8 Å². The number of imidazole rings is 1. The van der Waals surface area contributed by atoms with E-state index in [-0.39, 0.29) is 0 Å². The van der Waals surface area contributed by atoms with Crippen LogP contribution in [-0.4, -0.2) is 25.2 Å². The fourth-order valence-corrected chi connectivity index (χ4v) is 2.69. The Morgan fingerprint density at radius 1 is 1.30 bits per heavy atom. The summed E-state index contributed by atoms with van der Waals surface area (Å²) in [7, 11) is 1.93. The minimum absolute atomic E-state index is 0.579. The second-order valence-corrected chi connectivity index (χ2v) is 5.40. The first kappa shape index (κ1) is 13.2. The van der Waals surface area contributed by atoms with E-state index in [1.165, 1.54) is 11.1 Å². The zero-order valence-electron chi connectivity index (χ0n) is 11.7. The molecule has 2 heterocycles. The maximum absolute atomic E-state index is 5.91.